The molecule has 1 aliphatic heterocycles. The number of methoxy groups -OCH3 is 1. The molecule has 0 amide bonds. The predicted molar refractivity (Wildman–Crippen MR) is 73.0 cm³/mol. The number of benzene rings is 1. The maximum absolute atomic E-state index is 11.6. The maximum atomic E-state index is 11.6. The highest BCUT2D eigenvalue weighted by Crippen LogP contribution is 2.32. The fraction of sp³-hybridized carbons (Fsp3) is 0.308. The summed E-state index contributed by atoms with van der Waals surface area (Å²) >= 11 is 0. The first-order valence-electron chi connectivity index (χ1n) is 5.51. The average Bonchev–Trinajstić information content (AvgIpc) is 2.70. The lowest BCUT2D eigenvalue weighted by molar-refractivity contribution is -0.113. The molecule has 1 aromatic carbocycles. The molecule has 0 aliphatic carbocycles. The van der Waals surface area contributed by atoms with Gasteiger partial charge in [-0.25, -0.2) is 0 Å². The van der Waals surface area contributed by atoms with Crippen LogP contribution in [0.5, 0.6) is 5.75 Å². The molecule has 0 saturated carbocycles. The highest BCUT2D eigenvalue weighted by molar-refractivity contribution is 6.00. The zero-order chi connectivity index (χ0) is 12.4. The van der Waals surface area contributed by atoms with E-state index < -0.39 is 0 Å². The third-order valence-electron chi connectivity index (χ3n) is 3.14. The molecule has 0 spiro atoms. The molecule has 3 N–H and O–H groups in total. The molecule has 1 heterocycles. The molecule has 4 nitrogen and oxygen atoms in total. The van der Waals surface area contributed by atoms with Gasteiger partial charge in [0.2, 0.25) is 0 Å². The van der Waals surface area contributed by atoms with Crippen molar-refractivity contribution in [1.82, 2.24) is 5.32 Å². The Morgan fingerprint density at radius 2 is 2.22 bits per heavy atom. The molecule has 1 fully saturated rings. The van der Waals surface area contributed by atoms with Crippen LogP contribution < -0.4 is 15.8 Å². The van der Waals surface area contributed by atoms with E-state index in [0.29, 0.717) is 12.1 Å². The van der Waals surface area contributed by atoms with E-state index in [-0.39, 0.29) is 24.2 Å². The van der Waals surface area contributed by atoms with Gasteiger partial charge >= 0.3 is 0 Å². The number of halogens is 1. The summed E-state index contributed by atoms with van der Waals surface area (Å²) in [6.07, 6.45) is 1.39. The van der Waals surface area contributed by atoms with Crippen molar-refractivity contribution in [3.63, 3.8) is 0 Å². The van der Waals surface area contributed by atoms with Crippen LogP contribution in [0.15, 0.2) is 30.0 Å². The minimum atomic E-state index is -0.123. The number of nitrogens with two attached hydrogens (primary N) is 1. The first-order valence-corrected chi connectivity index (χ1v) is 5.51. The van der Waals surface area contributed by atoms with E-state index in [2.05, 4.69) is 5.32 Å². The average molecular weight is 269 g/mol. The molecule has 2 rings (SSSR count). The van der Waals surface area contributed by atoms with E-state index in [0.717, 1.165) is 16.9 Å². The van der Waals surface area contributed by atoms with Gasteiger partial charge in [0.25, 0.3) is 0 Å². The van der Waals surface area contributed by atoms with Crippen LogP contribution >= 0.6 is 12.4 Å². The van der Waals surface area contributed by atoms with Gasteiger partial charge < -0.3 is 10.5 Å². The number of ether oxygens (including phenoxy) is 1. The van der Waals surface area contributed by atoms with Gasteiger partial charge in [-0.2, -0.15) is 0 Å². The molecule has 0 unspecified atom stereocenters. The summed E-state index contributed by atoms with van der Waals surface area (Å²) in [6.45, 7) is 2.32. The van der Waals surface area contributed by atoms with E-state index in [1.807, 2.05) is 25.1 Å². The Hall–Kier alpha value is -1.52. The predicted octanol–water partition coefficient (Wildman–Crippen LogP) is 1.48. The van der Waals surface area contributed by atoms with Crippen molar-refractivity contribution >= 4 is 18.2 Å². The van der Waals surface area contributed by atoms with Crippen LogP contribution in [0.4, 0.5) is 0 Å². The highest BCUT2D eigenvalue weighted by Gasteiger charge is 2.30. The minimum absolute atomic E-state index is 0. The smallest absolute Gasteiger partial charge is 0.175 e. The number of hydrogen-bond donors (Lipinski definition) is 2. The van der Waals surface area contributed by atoms with Gasteiger partial charge in [-0.15, -0.1) is 12.4 Å². The number of Topliss-reactive ketones (excluding diaryl/α,β-unsaturated/α-hetero) is 1. The topological polar surface area (TPSA) is 64.3 Å². The van der Waals surface area contributed by atoms with Crippen molar-refractivity contribution in [3.05, 3.63) is 41.1 Å². The summed E-state index contributed by atoms with van der Waals surface area (Å²) in [5.41, 5.74) is 8.21. The third kappa shape index (κ3) is 2.35. The van der Waals surface area contributed by atoms with E-state index in [1.165, 1.54) is 6.20 Å². The molecule has 1 aromatic rings. The quantitative estimate of drug-likeness (QED) is 0.798. The summed E-state index contributed by atoms with van der Waals surface area (Å²) < 4.78 is 5.28. The van der Waals surface area contributed by atoms with Crippen molar-refractivity contribution in [3.8, 4) is 5.75 Å². The number of carbonyl (C=O) groups is 1. The summed E-state index contributed by atoms with van der Waals surface area (Å²) in [6, 6.07) is 5.68. The number of ketones is 1. The first-order chi connectivity index (χ1) is 8.19. The molecule has 0 bridgehead atoms. The lowest BCUT2D eigenvalue weighted by Gasteiger charge is -2.16. The zero-order valence-electron chi connectivity index (χ0n) is 10.4. The van der Waals surface area contributed by atoms with E-state index >= 15 is 0 Å². The second kappa shape index (κ2) is 5.89. The first kappa shape index (κ1) is 14.5. The van der Waals surface area contributed by atoms with Gasteiger partial charge in [-0.05, 0) is 24.1 Å². The molecule has 1 atom stereocenters. The molecule has 18 heavy (non-hydrogen) atoms. The largest absolute Gasteiger partial charge is 0.496 e. The summed E-state index contributed by atoms with van der Waals surface area (Å²) in [4.78, 5) is 11.6. The van der Waals surface area contributed by atoms with Crippen LogP contribution in [0.3, 0.4) is 0 Å². The molecule has 1 aliphatic rings. The van der Waals surface area contributed by atoms with Crippen LogP contribution in [0, 0.1) is 6.92 Å². The van der Waals surface area contributed by atoms with E-state index in [1.54, 1.807) is 7.11 Å². The van der Waals surface area contributed by atoms with Crippen LogP contribution in [-0.2, 0) is 4.79 Å². The molecule has 5 heteroatoms. The molecular formula is C13H17ClN2O2. The Balaban J connectivity index is 0.00000162. The van der Waals surface area contributed by atoms with Crippen LogP contribution in [0.1, 0.15) is 17.2 Å². The van der Waals surface area contributed by atoms with Gasteiger partial charge in [0.15, 0.2) is 5.78 Å². The van der Waals surface area contributed by atoms with Crippen molar-refractivity contribution in [2.24, 2.45) is 5.73 Å². The van der Waals surface area contributed by atoms with E-state index in [4.69, 9.17) is 10.5 Å². The van der Waals surface area contributed by atoms with Gasteiger partial charge in [0.1, 0.15) is 5.75 Å². The Morgan fingerprint density at radius 1 is 1.50 bits per heavy atom. The highest BCUT2D eigenvalue weighted by atomic mass is 35.5. The minimum Gasteiger partial charge on any atom is -0.496 e. The molecule has 0 aromatic heterocycles. The van der Waals surface area contributed by atoms with Crippen molar-refractivity contribution in [2.45, 2.75) is 13.0 Å². The number of hydrogen-bond acceptors (Lipinski definition) is 4. The monoisotopic (exact) mass is 268 g/mol. The fourth-order valence-corrected chi connectivity index (χ4v) is 2.20. The SMILES string of the molecule is COc1cccc([C@H]2NCC(=O)/C2=C\N)c1C.Cl. The van der Waals surface area contributed by atoms with Gasteiger partial charge in [0, 0.05) is 11.8 Å². The van der Waals surface area contributed by atoms with Gasteiger partial charge in [-0.1, -0.05) is 12.1 Å². The summed E-state index contributed by atoms with van der Waals surface area (Å²) in [5.74, 6) is 0.875. The van der Waals surface area contributed by atoms with Crippen molar-refractivity contribution in [1.29, 1.82) is 0 Å². The molecule has 98 valence electrons. The lowest BCUT2D eigenvalue weighted by atomic mass is 9.96. The Labute approximate surface area is 113 Å². The van der Waals surface area contributed by atoms with Crippen LogP contribution in [-0.4, -0.2) is 19.4 Å². The summed E-state index contributed by atoms with van der Waals surface area (Å²) in [7, 11) is 1.64. The normalized spacial score (nSPS) is 20.9. The fourth-order valence-electron chi connectivity index (χ4n) is 2.20. The van der Waals surface area contributed by atoms with E-state index in [9.17, 15) is 4.79 Å². The standard InChI is InChI=1S/C13H16N2O2.ClH/c1-8-9(4-3-5-12(8)17-2)13-10(6-14)11(16)7-15-13;/h3-6,13,15H,7,14H2,1-2H3;1H/b10-6+;/t13-;/m1./s1. The van der Waals surface area contributed by atoms with Crippen molar-refractivity contribution in [2.75, 3.05) is 13.7 Å². The van der Waals surface area contributed by atoms with Gasteiger partial charge in [0.05, 0.1) is 19.7 Å². The molecule has 1 saturated heterocycles. The van der Waals surface area contributed by atoms with Crippen LogP contribution in [0.2, 0.25) is 0 Å². The number of nitrogens with one attached hydrogen (secondary N) is 1. The van der Waals surface area contributed by atoms with Crippen LogP contribution in [0.25, 0.3) is 0 Å². The maximum Gasteiger partial charge on any atom is 0.175 e. The summed E-state index contributed by atoms with van der Waals surface area (Å²) in [5, 5.41) is 3.16. The Morgan fingerprint density at radius 3 is 2.83 bits per heavy atom. The Kier molecular flexibility index (Phi) is 4.76. The zero-order valence-corrected chi connectivity index (χ0v) is 11.2. The third-order valence-corrected chi connectivity index (χ3v) is 3.14. The number of carbonyl (C=O) groups excluding carboxylic acids is 1. The van der Waals surface area contributed by atoms with Crippen molar-refractivity contribution < 1.29 is 9.53 Å². The molecule has 0 radical (unpaired) electrons. The molecular weight excluding hydrogens is 252 g/mol. The Bertz CT molecular complexity index is 486. The van der Waals surface area contributed by atoms with Gasteiger partial charge in [-0.3, -0.25) is 10.1 Å². The lowest BCUT2D eigenvalue weighted by Crippen LogP contribution is -2.15. The second-order valence-corrected chi connectivity index (χ2v) is 4.03. The number of rotatable bonds is 2. The second-order valence-electron chi connectivity index (χ2n) is 4.03.